The smallest absolute Gasteiger partial charge is 0.317 e. The van der Waals surface area contributed by atoms with Crippen LogP contribution in [0.4, 0.5) is 4.79 Å². The first kappa shape index (κ1) is 17.4. The maximum atomic E-state index is 12.0. The molecule has 24 heavy (non-hydrogen) atoms. The summed E-state index contributed by atoms with van der Waals surface area (Å²) in [5, 5.41) is 9.93. The van der Waals surface area contributed by atoms with Crippen LogP contribution in [0.1, 0.15) is 42.1 Å². The highest BCUT2D eigenvalue weighted by molar-refractivity contribution is 5.87. The van der Waals surface area contributed by atoms with Crippen molar-refractivity contribution in [3.8, 4) is 0 Å². The van der Waals surface area contributed by atoms with E-state index in [-0.39, 0.29) is 24.8 Å². The highest BCUT2D eigenvalue weighted by atomic mass is 16.5. The largest absolute Gasteiger partial charge is 0.361 e. The van der Waals surface area contributed by atoms with Crippen LogP contribution < -0.4 is 11.1 Å². The fourth-order valence-corrected chi connectivity index (χ4v) is 1.79. The number of amides is 3. The van der Waals surface area contributed by atoms with Gasteiger partial charge in [-0.05, 0) is 5.92 Å². The lowest BCUT2D eigenvalue weighted by Gasteiger charge is -2.14. The molecule has 0 spiro atoms. The zero-order valence-electron chi connectivity index (χ0n) is 13.6. The van der Waals surface area contributed by atoms with E-state index in [1.807, 2.05) is 13.8 Å². The van der Waals surface area contributed by atoms with Gasteiger partial charge in [-0.3, -0.25) is 4.79 Å². The highest BCUT2D eigenvalue weighted by Crippen LogP contribution is 2.07. The topological polar surface area (TPSA) is 153 Å². The van der Waals surface area contributed by atoms with E-state index in [0.717, 1.165) is 0 Å². The van der Waals surface area contributed by atoms with Crippen molar-refractivity contribution in [3.63, 3.8) is 0 Å². The first-order valence-electron chi connectivity index (χ1n) is 7.28. The Labute approximate surface area is 137 Å². The minimum Gasteiger partial charge on any atom is -0.361 e. The molecule has 3 amide bonds. The zero-order valence-corrected chi connectivity index (χ0v) is 13.6. The average Bonchev–Trinajstić information content (AvgIpc) is 3.13. The van der Waals surface area contributed by atoms with Gasteiger partial charge in [0, 0.05) is 13.5 Å². The van der Waals surface area contributed by atoms with Crippen LogP contribution in [0.2, 0.25) is 0 Å². The second-order valence-corrected chi connectivity index (χ2v) is 5.60. The number of hydrogen-bond donors (Lipinski definition) is 2. The molecule has 3 N–H and O–H groups in total. The molecule has 2 heterocycles. The molecule has 0 fully saturated rings. The standard InChI is InChI=1S/C13H19N7O4/c1-7(2)4-10-16-9(19-23-10)6-20(3)13(22)15-5-8-17-12(11(14)21)24-18-8/h7H,4-6H2,1-3H3,(H2,14,21)(H,15,22). The summed E-state index contributed by atoms with van der Waals surface area (Å²) in [6.07, 6.45) is 0.683. The van der Waals surface area contributed by atoms with E-state index < -0.39 is 11.9 Å². The van der Waals surface area contributed by atoms with Crippen LogP contribution in [0.25, 0.3) is 0 Å². The van der Waals surface area contributed by atoms with Gasteiger partial charge in [0.05, 0.1) is 13.1 Å². The molecule has 0 unspecified atom stereocenters. The second-order valence-electron chi connectivity index (χ2n) is 5.60. The normalized spacial score (nSPS) is 10.8. The SMILES string of the molecule is CC(C)Cc1nc(CN(C)C(=O)NCc2noc(C(N)=O)n2)no1. The molecular formula is C13H19N7O4. The quantitative estimate of drug-likeness (QED) is 0.720. The molecule has 2 aromatic rings. The number of aromatic nitrogens is 4. The van der Waals surface area contributed by atoms with Crippen LogP contribution in [-0.2, 0) is 19.5 Å². The van der Waals surface area contributed by atoms with E-state index in [1.165, 1.54) is 4.90 Å². The molecule has 0 aliphatic carbocycles. The van der Waals surface area contributed by atoms with E-state index in [0.29, 0.717) is 24.1 Å². The third-order valence-corrected chi connectivity index (χ3v) is 2.89. The lowest BCUT2D eigenvalue weighted by Crippen LogP contribution is -2.36. The van der Waals surface area contributed by atoms with E-state index in [4.69, 9.17) is 10.3 Å². The molecule has 0 aromatic carbocycles. The zero-order chi connectivity index (χ0) is 17.7. The fraction of sp³-hybridized carbons (Fsp3) is 0.538. The minimum absolute atomic E-state index is 0.00913. The highest BCUT2D eigenvalue weighted by Gasteiger charge is 2.16. The van der Waals surface area contributed by atoms with Crippen LogP contribution in [0.5, 0.6) is 0 Å². The van der Waals surface area contributed by atoms with Crippen molar-refractivity contribution in [2.24, 2.45) is 11.7 Å². The van der Waals surface area contributed by atoms with Crippen molar-refractivity contribution >= 4 is 11.9 Å². The summed E-state index contributed by atoms with van der Waals surface area (Å²) in [5.41, 5.74) is 5.00. The Kier molecular flexibility index (Phi) is 5.45. The van der Waals surface area contributed by atoms with Gasteiger partial charge in [-0.15, -0.1) is 0 Å². The van der Waals surface area contributed by atoms with Crippen molar-refractivity contribution in [1.29, 1.82) is 0 Å². The molecule has 0 aliphatic rings. The Morgan fingerprint density at radius 2 is 1.92 bits per heavy atom. The van der Waals surface area contributed by atoms with E-state index >= 15 is 0 Å². The number of nitrogens with one attached hydrogen (secondary N) is 1. The number of urea groups is 1. The molecule has 0 saturated heterocycles. The molecule has 130 valence electrons. The van der Waals surface area contributed by atoms with Crippen molar-refractivity contribution in [1.82, 2.24) is 30.5 Å². The number of hydrogen-bond acceptors (Lipinski definition) is 8. The van der Waals surface area contributed by atoms with Crippen molar-refractivity contribution in [2.45, 2.75) is 33.4 Å². The molecule has 11 heteroatoms. The van der Waals surface area contributed by atoms with Gasteiger partial charge in [0.25, 0.3) is 0 Å². The Bertz CT molecular complexity index is 709. The number of carbonyl (C=O) groups excluding carboxylic acids is 2. The van der Waals surface area contributed by atoms with Crippen molar-refractivity contribution in [3.05, 3.63) is 23.4 Å². The van der Waals surface area contributed by atoms with Crippen LogP contribution in [0.15, 0.2) is 9.05 Å². The Morgan fingerprint density at radius 3 is 2.54 bits per heavy atom. The predicted octanol–water partition coefficient (Wildman–Crippen LogP) is 0.0916. The van der Waals surface area contributed by atoms with Crippen molar-refractivity contribution < 1.29 is 18.6 Å². The Balaban J connectivity index is 1.83. The summed E-state index contributed by atoms with van der Waals surface area (Å²) in [6, 6.07) is -0.393. The third kappa shape index (κ3) is 4.76. The van der Waals surface area contributed by atoms with Crippen LogP contribution in [-0.4, -0.2) is 44.2 Å². The molecule has 0 saturated carbocycles. The van der Waals surface area contributed by atoms with Gasteiger partial charge in [0.1, 0.15) is 0 Å². The summed E-state index contributed by atoms with van der Waals surface area (Å²) in [7, 11) is 1.58. The average molecular weight is 337 g/mol. The van der Waals surface area contributed by atoms with Gasteiger partial charge in [-0.1, -0.05) is 24.2 Å². The Morgan fingerprint density at radius 1 is 1.21 bits per heavy atom. The first-order chi connectivity index (χ1) is 11.3. The van der Waals surface area contributed by atoms with Crippen LogP contribution in [0.3, 0.4) is 0 Å². The van der Waals surface area contributed by atoms with E-state index in [2.05, 4.69) is 30.1 Å². The molecule has 2 aromatic heterocycles. The molecule has 2 rings (SSSR count). The fourth-order valence-electron chi connectivity index (χ4n) is 1.79. The molecule has 0 atom stereocenters. The predicted molar refractivity (Wildman–Crippen MR) is 79.4 cm³/mol. The summed E-state index contributed by atoms with van der Waals surface area (Å²) >= 11 is 0. The summed E-state index contributed by atoms with van der Waals surface area (Å²) in [4.78, 5) is 32.2. The van der Waals surface area contributed by atoms with Gasteiger partial charge in [0.2, 0.25) is 5.89 Å². The molecule has 0 bridgehead atoms. The summed E-state index contributed by atoms with van der Waals surface area (Å²) in [5.74, 6) is 0.367. The summed E-state index contributed by atoms with van der Waals surface area (Å²) in [6.45, 7) is 4.27. The van der Waals surface area contributed by atoms with Gasteiger partial charge < -0.3 is 25.0 Å². The minimum atomic E-state index is -0.827. The summed E-state index contributed by atoms with van der Waals surface area (Å²) < 4.78 is 9.73. The number of carbonyl (C=O) groups is 2. The number of rotatable bonds is 7. The first-order valence-corrected chi connectivity index (χ1v) is 7.28. The molecular weight excluding hydrogens is 318 g/mol. The van der Waals surface area contributed by atoms with Crippen molar-refractivity contribution in [2.75, 3.05) is 7.05 Å². The maximum Gasteiger partial charge on any atom is 0.317 e. The monoisotopic (exact) mass is 337 g/mol. The van der Waals surface area contributed by atoms with Gasteiger partial charge >= 0.3 is 17.8 Å². The lowest BCUT2D eigenvalue weighted by molar-refractivity contribution is 0.0958. The van der Waals surface area contributed by atoms with Gasteiger partial charge in [-0.2, -0.15) is 9.97 Å². The van der Waals surface area contributed by atoms with E-state index in [1.54, 1.807) is 7.05 Å². The number of nitrogens with two attached hydrogens (primary N) is 1. The molecule has 0 aliphatic heterocycles. The van der Waals surface area contributed by atoms with Crippen LogP contribution in [0, 0.1) is 5.92 Å². The van der Waals surface area contributed by atoms with Gasteiger partial charge in [-0.25, -0.2) is 4.79 Å². The third-order valence-electron chi connectivity index (χ3n) is 2.89. The number of primary amides is 1. The molecule has 11 nitrogen and oxygen atoms in total. The molecule has 0 radical (unpaired) electrons. The second kappa shape index (κ2) is 7.53. The van der Waals surface area contributed by atoms with Gasteiger partial charge in [0.15, 0.2) is 11.6 Å². The van der Waals surface area contributed by atoms with E-state index in [9.17, 15) is 9.59 Å². The lowest BCUT2D eigenvalue weighted by atomic mass is 10.1. The Hall–Kier alpha value is -2.98. The maximum absolute atomic E-state index is 12.0. The van der Waals surface area contributed by atoms with Crippen LogP contribution >= 0.6 is 0 Å². The number of nitrogens with zero attached hydrogens (tertiary/aromatic N) is 5.